The zero-order chi connectivity index (χ0) is 18.2. The third-order valence-electron chi connectivity index (χ3n) is 5.55. The van der Waals surface area contributed by atoms with E-state index in [2.05, 4.69) is 63.4 Å². The molecule has 2 aliphatic heterocycles. The molecule has 2 heterocycles. The van der Waals surface area contributed by atoms with E-state index in [0.717, 1.165) is 44.4 Å². The predicted octanol–water partition coefficient (Wildman–Crippen LogP) is 4.09. The van der Waals surface area contributed by atoms with Gasteiger partial charge < -0.3 is 15.1 Å². The first-order valence-corrected chi connectivity index (χ1v) is 10.2. The molecule has 27 heavy (non-hydrogen) atoms. The van der Waals surface area contributed by atoms with Crippen LogP contribution in [0.2, 0.25) is 0 Å². The lowest BCUT2D eigenvalue weighted by Gasteiger charge is -2.32. The van der Waals surface area contributed by atoms with Crippen molar-refractivity contribution >= 4 is 36.0 Å². The highest BCUT2D eigenvalue weighted by Gasteiger charge is 2.23. The Hall–Kier alpha value is -1.08. The number of benzene rings is 1. The number of likely N-dealkylation sites (tertiary alicyclic amines) is 2. The van der Waals surface area contributed by atoms with Crippen molar-refractivity contribution in [1.29, 1.82) is 0 Å². The third-order valence-corrected chi connectivity index (χ3v) is 5.55. The Labute approximate surface area is 182 Å². The summed E-state index contributed by atoms with van der Waals surface area (Å²) in [6, 6.07) is 10.7. The van der Waals surface area contributed by atoms with Crippen molar-refractivity contribution in [1.82, 2.24) is 15.1 Å². The summed E-state index contributed by atoms with van der Waals surface area (Å²) in [6.45, 7) is 9.18. The maximum Gasteiger partial charge on any atom is 0.193 e. The number of rotatable bonds is 5. The van der Waals surface area contributed by atoms with Crippen LogP contribution in [0.15, 0.2) is 40.9 Å². The monoisotopic (exact) mass is 482 g/mol. The molecule has 2 aliphatic rings. The van der Waals surface area contributed by atoms with Gasteiger partial charge in [-0.2, -0.15) is 0 Å². The lowest BCUT2D eigenvalue weighted by Crippen LogP contribution is -2.46. The van der Waals surface area contributed by atoms with Gasteiger partial charge in [0.15, 0.2) is 5.96 Å². The van der Waals surface area contributed by atoms with Crippen LogP contribution in [-0.4, -0.2) is 62.1 Å². The molecule has 0 amide bonds. The van der Waals surface area contributed by atoms with Crippen LogP contribution in [0.3, 0.4) is 0 Å². The summed E-state index contributed by atoms with van der Waals surface area (Å²) in [7, 11) is 1.91. The van der Waals surface area contributed by atoms with E-state index in [4.69, 9.17) is 0 Å². The Morgan fingerprint density at radius 2 is 1.93 bits per heavy atom. The Morgan fingerprint density at radius 1 is 1.19 bits per heavy atom. The van der Waals surface area contributed by atoms with Gasteiger partial charge in [-0.1, -0.05) is 48.9 Å². The zero-order valence-electron chi connectivity index (χ0n) is 16.9. The van der Waals surface area contributed by atoms with Gasteiger partial charge in [0.2, 0.25) is 0 Å². The molecule has 2 saturated heterocycles. The van der Waals surface area contributed by atoms with E-state index in [1.807, 2.05) is 7.05 Å². The van der Waals surface area contributed by atoms with Crippen LogP contribution in [0.4, 0.5) is 0 Å². The maximum atomic E-state index is 4.54. The molecule has 1 aromatic carbocycles. The minimum Gasteiger partial charge on any atom is -0.356 e. The topological polar surface area (TPSA) is 30.9 Å². The fraction of sp³-hybridized carbons (Fsp3) is 0.591. The average Bonchev–Trinajstić information content (AvgIpc) is 3.12. The quantitative estimate of drug-likeness (QED) is 0.390. The van der Waals surface area contributed by atoms with Gasteiger partial charge in [-0.25, -0.2) is 0 Å². The standard InChI is InChI=1S/C22H34N4.HI/c1-3-12-25-13-9-21(18-25)17-24-22(23-2)26-14-10-20(11-15-26)16-19-7-5-4-6-8-19;/h4-8,16,21H,3,9-15,17-18H2,1-2H3,(H,23,24);1H. The second kappa shape index (κ2) is 11.7. The van der Waals surface area contributed by atoms with Crippen molar-refractivity contribution in [2.75, 3.05) is 46.3 Å². The maximum absolute atomic E-state index is 4.54. The van der Waals surface area contributed by atoms with Gasteiger partial charge in [0, 0.05) is 33.2 Å². The van der Waals surface area contributed by atoms with Gasteiger partial charge >= 0.3 is 0 Å². The molecule has 4 nitrogen and oxygen atoms in total. The molecule has 0 aliphatic carbocycles. The van der Waals surface area contributed by atoms with E-state index < -0.39 is 0 Å². The molecular weight excluding hydrogens is 447 g/mol. The number of halogens is 1. The minimum atomic E-state index is 0. The normalized spacial score (nSPS) is 21.1. The number of nitrogens with zero attached hydrogens (tertiary/aromatic N) is 3. The SMILES string of the molecule is CCCN1CCC(CNC(=NC)N2CCC(=Cc3ccccc3)CC2)C1.I. The van der Waals surface area contributed by atoms with Gasteiger partial charge in [0.25, 0.3) is 0 Å². The number of nitrogens with one attached hydrogen (secondary N) is 1. The molecule has 1 aromatic rings. The lowest BCUT2D eigenvalue weighted by atomic mass is 10.0. The van der Waals surface area contributed by atoms with Crippen LogP contribution in [0.1, 0.15) is 38.2 Å². The molecule has 2 fully saturated rings. The summed E-state index contributed by atoms with van der Waals surface area (Å²) in [5.41, 5.74) is 2.87. The summed E-state index contributed by atoms with van der Waals surface area (Å²) in [5.74, 6) is 1.84. The van der Waals surface area contributed by atoms with Crippen molar-refractivity contribution < 1.29 is 0 Å². The van der Waals surface area contributed by atoms with E-state index in [9.17, 15) is 0 Å². The van der Waals surface area contributed by atoms with E-state index in [-0.39, 0.29) is 24.0 Å². The molecule has 5 heteroatoms. The Balaban J connectivity index is 0.00000261. The molecule has 1 unspecified atom stereocenters. The first-order chi connectivity index (χ1) is 12.8. The molecule has 150 valence electrons. The van der Waals surface area contributed by atoms with Crippen LogP contribution < -0.4 is 5.32 Å². The first kappa shape index (κ1) is 22.2. The average molecular weight is 482 g/mol. The van der Waals surface area contributed by atoms with E-state index in [0.29, 0.717) is 0 Å². The molecule has 0 aromatic heterocycles. The highest BCUT2D eigenvalue weighted by atomic mass is 127. The van der Waals surface area contributed by atoms with Gasteiger partial charge in [-0.15, -0.1) is 24.0 Å². The highest BCUT2D eigenvalue weighted by molar-refractivity contribution is 14.0. The van der Waals surface area contributed by atoms with Crippen LogP contribution in [0.5, 0.6) is 0 Å². The Kier molecular flexibility index (Phi) is 9.62. The molecule has 0 spiro atoms. The van der Waals surface area contributed by atoms with Crippen LogP contribution in [0.25, 0.3) is 6.08 Å². The van der Waals surface area contributed by atoms with E-state index in [1.54, 1.807) is 5.57 Å². The second-order valence-corrected chi connectivity index (χ2v) is 7.58. The fourth-order valence-electron chi connectivity index (χ4n) is 4.10. The van der Waals surface area contributed by atoms with Crippen molar-refractivity contribution in [3.05, 3.63) is 41.5 Å². The summed E-state index contributed by atoms with van der Waals surface area (Å²) >= 11 is 0. The predicted molar refractivity (Wildman–Crippen MR) is 127 cm³/mol. The van der Waals surface area contributed by atoms with E-state index in [1.165, 1.54) is 38.0 Å². The lowest BCUT2D eigenvalue weighted by molar-refractivity contribution is 0.322. The van der Waals surface area contributed by atoms with Gasteiger partial charge in [0.05, 0.1) is 0 Å². The van der Waals surface area contributed by atoms with Crippen molar-refractivity contribution in [3.63, 3.8) is 0 Å². The summed E-state index contributed by atoms with van der Waals surface area (Å²) in [6.07, 6.45) is 7.18. The van der Waals surface area contributed by atoms with Crippen molar-refractivity contribution in [3.8, 4) is 0 Å². The summed E-state index contributed by atoms with van der Waals surface area (Å²) < 4.78 is 0. The highest BCUT2D eigenvalue weighted by Crippen LogP contribution is 2.20. The Morgan fingerprint density at radius 3 is 2.59 bits per heavy atom. The number of piperidine rings is 1. The molecule has 0 saturated carbocycles. The molecule has 1 N–H and O–H groups in total. The largest absolute Gasteiger partial charge is 0.356 e. The van der Waals surface area contributed by atoms with Gasteiger partial charge in [-0.05, 0) is 50.3 Å². The van der Waals surface area contributed by atoms with Crippen LogP contribution in [-0.2, 0) is 0 Å². The smallest absolute Gasteiger partial charge is 0.193 e. The number of aliphatic imine (C=N–C) groups is 1. The number of hydrogen-bond acceptors (Lipinski definition) is 2. The minimum absolute atomic E-state index is 0. The number of guanidine groups is 1. The summed E-state index contributed by atoms with van der Waals surface area (Å²) in [4.78, 5) is 9.55. The molecule has 1 atom stereocenters. The zero-order valence-corrected chi connectivity index (χ0v) is 19.2. The van der Waals surface area contributed by atoms with E-state index >= 15 is 0 Å². The molecule has 0 radical (unpaired) electrons. The van der Waals surface area contributed by atoms with Crippen LogP contribution >= 0.6 is 24.0 Å². The number of hydrogen-bond donors (Lipinski definition) is 1. The van der Waals surface area contributed by atoms with Gasteiger partial charge in [0.1, 0.15) is 0 Å². The van der Waals surface area contributed by atoms with Gasteiger partial charge in [-0.3, -0.25) is 4.99 Å². The van der Waals surface area contributed by atoms with Crippen molar-refractivity contribution in [2.24, 2.45) is 10.9 Å². The fourth-order valence-corrected chi connectivity index (χ4v) is 4.10. The first-order valence-electron chi connectivity index (χ1n) is 10.2. The third kappa shape index (κ3) is 6.79. The molecule has 3 rings (SSSR count). The van der Waals surface area contributed by atoms with Crippen molar-refractivity contribution in [2.45, 2.75) is 32.6 Å². The second-order valence-electron chi connectivity index (χ2n) is 7.58. The summed E-state index contributed by atoms with van der Waals surface area (Å²) in [5, 5.41) is 3.64. The molecular formula is C22H35IN4. The Bertz CT molecular complexity index is 604. The molecule has 0 bridgehead atoms. The van der Waals surface area contributed by atoms with Crippen LogP contribution in [0, 0.1) is 5.92 Å².